The minimum absolute atomic E-state index is 0.0162. The number of carbonyl (C=O) groups excluding carboxylic acids is 12. The number of alkyl halides is 6. The molecule has 3 aliphatic heterocycles. The van der Waals surface area contributed by atoms with Crippen LogP contribution in [0.25, 0.3) is 0 Å². The first-order valence-corrected chi connectivity index (χ1v) is 39.5. The molecule has 628 valence electrons. The fraction of sp³-hybridized carbons (Fsp3) is 0.821. The van der Waals surface area contributed by atoms with Gasteiger partial charge in [0.25, 0.3) is 0 Å². The highest BCUT2D eigenvalue weighted by Gasteiger charge is 2.59. The Morgan fingerprint density at radius 3 is 1.86 bits per heavy atom. The lowest BCUT2D eigenvalue weighted by Gasteiger charge is -2.54. The highest BCUT2D eigenvalue weighted by Crippen LogP contribution is 2.50. The zero-order chi connectivity index (χ0) is 82.9. The van der Waals surface area contributed by atoms with E-state index in [9.17, 15) is 50.3 Å². The third-order valence-corrected chi connectivity index (χ3v) is 24.1. The van der Waals surface area contributed by atoms with E-state index in [1.165, 1.54) is 93.0 Å². The van der Waals surface area contributed by atoms with Gasteiger partial charge < -0.3 is 74.3 Å². The van der Waals surface area contributed by atoms with Crippen molar-refractivity contribution in [1.29, 1.82) is 0 Å². The summed E-state index contributed by atoms with van der Waals surface area (Å²) in [4.78, 5) is 194. The average molecular weight is 1580 g/mol. The largest absolute Gasteiger partial charge is 0.394 e. The SMILES string of the molecule is CCO[C@@H]1C[C@H]2C(=O)NC3(CC(C)(C)C3)C(=O)N(C)[C@@H](CC(C)(C)C)C(=O)N(C)[C@H](C(=O)N(C)C)CC(=O)N(C)[C@@H](COC)C(=O)N[C@@H]([C@@H](C)CC)C(=O)N(C3CC3)CC(=O)N(C)[C@H]3C/C=C\CCN(C3=O)[C@@H](CC3CCC(C(F)(F)F)CC3)C(=O)N(C)CC(=O)N[C@@H](CCC3CCC(C(F)(F)F)C(OC)C3)C(=O)N2C1. The van der Waals surface area contributed by atoms with Gasteiger partial charge in [-0.2, -0.15) is 26.3 Å². The van der Waals surface area contributed by atoms with Gasteiger partial charge in [-0.15, -0.1) is 0 Å². The van der Waals surface area contributed by atoms with Gasteiger partial charge in [-0.05, 0) is 145 Å². The third kappa shape index (κ3) is 22.9. The number of fused-ring (bicyclic) bond motifs is 3. The molecule has 6 fully saturated rings. The molecule has 3 N–H and O–H groups in total. The average Bonchev–Trinajstić information content (AvgIpc) is 1.43. The number of likely N-dealkylation sites (N-methyl/N-ethyl adjacent to an activating group) is 6. The molecule has 3 heterocycles. The lowest BCUT2D eigenvalue weighted by atomic mass is 9.58. The first-order chi connectivity index (χ1) is 51.7. The molecule has 7 aliphatic rings. The van der Waals surface area contributed by atoms with E-state index >= 15 is 33.6 Å². The quantitative estimate of drug-likeness (QED) is 0.123. The molecule has 0 aromatic heterocycles. The Morgan fingerprint density at radius 1 is 0.658 bits per heavy atom. The number of nitrogens with zero attached hydrogens (tertiary/aromatic N) is 9. The maximum Gasteiger partial charge on any atom is 0.394 e. The van der Waals surface area contributed by atoms with Crippen molar-refractivity contribution in [2.75, 3.05) is 103 Å². The highest BCUT2D eigenvalue weighted by molar-refractivity contribution is 6.01. The van der Waals surface area contributed by atoms with E-state index in [0.29, 0.717) is 19.3 Å². The van der Waals surface area contributed by atoms with E-state index < -0.39 is 222 Å². The third-order valence-electron chi connectivity index (χ3n) is 24.1. The van der Waals surface area contributed by atoms with Crippen molar-refractivity contribution >= 4 is 70.9 Å². The van der Waals surface area contributed by atoms with Gasteiger partial charge in [-0.1, -0.05) is 67.0 Å². The number of amides is 12. The number of nitrogens with one attached hydrogen (secondary N) is 3. The van der Waals surface area contributed by atoms with Crippen LogP contribution in [0.3, 0.4) is 0 Å². The molecule has 0 aromatic carbocycles. The van der Waals surface area contributed by atoms with Gasteiger partial charge in [0.05, 0.1) is 43.6 Å². The molecule has 4 saturated carbocycles. The number of ether oxygens (including phenoxy) is 3. The van der Waals surface area contributed by atoms with E-state index in [1.54, 1.807) is 32.9 Å². The summed E-state index contributed by atoms with van der Waals surface area (Å²) in [6.45, 7) is 12.5. The summed E-state index contributed by atoms with van der Waals surface area (Å²) >= 11 is 0. The second-order valence-corrected chi connectivity index (χ2v) is 34.6. The zero-order valence-corrected chi connectivity index (χ0v) is 68.2. The number of rotatable bonds is 15. The predicted octanol–water partition coefficient (Wildman–Crippen LogP) is 6.09. The lowest BCUT2D eigenvalue weighted by molar-refractivity contribution is -0.215. The van der Waals surface area contributed by atoms with Crippen LogP contribution in [0.1, 0.15) is 184 Å². The monoisotopic (exact) mass is 1580 g/mol. The van der Waals surface area contributed by atoms with Crippen LogP contribution >= 0.6 is 0 Å². The molecular weight excluding hydrogens is 1460 g/mol. The van der Waals surface area contributed by atoms with E-state index in [2.05, 4.69) is 16.0 Å². The molecule has 111 heavy (non-hydrogen) atoms. The van der Waals surface area contributed by atoms with E-state index in [0.717, 1.165) is 14.7 Å². The molecule has 27 nitrogen and oxygen atoms in total. The van der Waals surface area contributed by atoms with Gasteiger partial charge in [0.1, 0.15) is 60.4 Å². The topological polar surface area (TPSA) is 298 Å². The van der Waals surface area contributed by atoms with Crippen LogP contribution in [0.2, 0.25) is 0 Å². The second kappa shape index (κ2) is 37.9. The van der Waals surface area contributed by atoms with Gasteiger partial charge in [-0.25, -0.2) is 0 Å². The normalized spacial score (nSPS) is 31.1. The lowest BCUT2D eigenvalue weighted by Crippen LogP contribution is -2.71. The van der Waals surface area contributed by atoms with Gasteiger partial charge in [0.15, 0.2) is 0 Å². The van der Waals surface area contributed by atoms with E-state index in [1.807, 2.05) is 34.6 Å². The minimum Gasteiger partial charge on any atom is -0.382 e. The van der Waals surface area contributed by atoms with Gasteiger partial charge in [-0.3, -0.25) is 57.5 Å². The van der Waals surface area contributed by atoms with Crippen molar-refractivity contribution in [3.63, 3.8) is 0 Å². The molecule has 1 spiro atoms. The fourth-order valence-corrected chi connectivity index (χ4v) is 17.4. The Kier molecular flexibility index (Phi) is 31.0. The fourth-order valence-electron chi connectivity index (χ4n) is 17.4. The summed E-state index contributed by atoms with van der Waals surface area (Å²) in [5.41, 5.74) is -3.03. The van der Waals surface area contributed by atoms with Gasteiger partial charge >= 0.3 is 12.4 Å². The van der Waals surface area contributed by atoms with Gasteiger partial charge in [0.2, 0.25) is 70.9 Å². The molecule has 33 heteroatoms. The summed E-state index contributed by atoms with van der Waals surface area (Å²) in [5, 5.41) is 8.66. The maximum absolute atomic E-state index is 15.8. The van der Waals surface area contributed by atoms with Crippen molar-refractivity contribution in [3.8, 4) is 0 Å². The van der Waals surface area contributed by atoms with Crippen molar-refractivity contribution in [2.45, 2.75) is 268 Å². The smallest absolute Gasteiger partial charge is 0.382 e. The molecule has 0 radical (unpaired) electrons. The molecule has 12 amide bonds. The first kappa shape index (κ1) is 91.0. The number of hydrogen-bond donors (Lipinski definition) is 3. The van der Waals surface area contributed by atoms with Crippen LogP contribution in [0.15, 0.2) is 12.2 Å². The predicted molar refractivity (Wildman–Crippen MR) is 398 cm³/mol. The van der Waals surface area contributed by atoms with Crippen molar-refractivity contribution < 1.29 is 98.1 Å². The number of methoxy groups -OCH3 is 2. The molecule has 2 bridgehead atoms. The van der Waals surface area contributed by atoms with Crippen LogP contribution in [0.5, 0.6) is 0 Å². The molecule has 7 rings (SSSR count). The molecule has 0 aromatic rings. The molecule has 2 saturated heterocycles. The summed E-state index contributed by atoms with van der Waals surface area (Å²) in [6, 6.07) is -11.9. The summed E-state index contributed by atoms with van der Waals surface area (Å²) in [6.07, 6.45) is -7.98. The summed E-state index contributed by atoms with van der Waals surface area (Å²) in [7, 11) is 12.0. The highest BCUT2D eigenvalue weighted by atomic mass is 19.4. The number of hydrogen-bond acceptors (Lipinski definition) is 15. The molecular formula is C78H124F6N12O15. The van der Waals surface area contributed by atoms with Crippen LogP contribution in [0, 0.1) is 40.4 Å². The van der Waals surface area contributed by atoms with E-state index in [-0.39, 0.29) is 122 Å². The van der Waals surface area contributed by atoms with E-state index in [4.69, 9.17) is 14.2 Å². The minimum atomic E-state index is -4.57. The Bertz CT molecular complexity index is 3350. The molecule has 4 aliphatic carbocycles. The maximum atomic E-state index is 15.8. The van der Waals surface area contributed by atoms with Crippen LogP contribution in [-0.4, -0.2) is 302 Å². The molecule has 3 unspecified atom stereocenters. The summed E-state index contributed by atoms with van der Waals surface area (Å²) < 4.78 is 103. The molecule has 13 atom stereocenters. The summed E-state index contributed by atoms with van der Waals surface area (Å²) in [5.74, 6) is -14.2. The standard InChI is InChI=1S/C78H124F6N12O15/c1-18-46(3)64-72(107)95(50-30-31-50)42-63(99)90(12)54-23-21-20-22-34-94(71(54)106)57(35-47-24-28-49(29-25-47)77(79,80)81)69(104)89(11)41-61(97)85-53(33-27-48-26-32-52(78(82,83)84)60(36-48)110-17)67(102)96-40-51(111-19-2)37-55(96)66(101)87-76(44-75(7,8)45-76)73(108)93(15)58(39-74(4,5)6)70(105)92(14)56(68(103)88(9)10)38-62(98)91(13)59(43-109-16)65(100)86-64/h20-21,46-60,64H,18-19,22-45H2,1-17H3,(H,85,97)(H,86,100)(H,87,101)/b21-20-/t46-,47?,48?,49?,51+,52?,53-,54-,55-,56-,57-,58-,59-,60?,64-/m0/s1. The van der Waals surface area contributed by atoms with Crippen LogP contribution < -0.4 is 16.0 Å². The second-order valence-electron chi connectivity index (χ2n) is 34.6. The van der Waals surface area contributed by atoms with Crippen molar-refractivity contribution in [1.82, 2.24) is 60.0 Å². The Balaban J connectivity index is 1.35. The van der Waals surface area contributed by atoms with Crippen LogP contribution in [0.4, 0.5) is 26.3 Å². The Morgan fingerprint density at radius 2 is 1.30 bits per heavy atom. The number of carbonyl (C=O) groups is 12. The Labute approximate surface area is 650 Å². The van der Waals surface area contributed by atoms with Gasteiger partial charge in [0, 0.05) is 95.7 Å². The first-order valence-electron chi connectivity index (χ1n) is 39.5. The Hall–Kier alpha value is -7.16. The van der Waals surface area contributed by atoms with Crippen LogP contribution in [-0.2, 0) is 71.7 Å². The van der Waals surface area contributed by atoms with Crippen molar-refractivity contribution in [2.24, 2.45) is 40.4 Å². The number of halogens is 6. The van der Waals surface area contributed by atoms with Crippen molar-refractivity contribution in [3.05, 3.63) is 12.2 Å². The zero-order valence-electron chi connectivity index (χ0n) is 68.2.